The molecule has 0 spiro atoms. The Kier molecular flexibility index (Phi) is 14.6. The van der Waals surface area contributed by atoms with Crippen LogP contribution in [0.2, 0.25) is 0 Å². The van der Waals surface area contributed by atoms with Gasteiger partial charge in [0.15, 0.2) is 0 Å². The van der Waals surface area contributed by atoms with Gasteiger partial charge in [0, 0.05) is 5.57 Å². The van der Waals surface area contributed by atoms with Crippen LogP contribution in [0.4, 0.5) is 0 Å². The van der Waals surface area contributed by atoms with Crippen molar-refractivity contribution < 1.29 is 9.53 Å². The predicted octanol–water partition coefficient (Wildman–Crippen LogP) is 4.10. The number of rotatable bonds is 2. The fraction of sp³-hybridized carbons (Fsp3) is 0.769. The minimum absolute atomic E-state index is 0.118. The van der Waals surface area contributed by atoms with E-state index in [1.54, 1.807) is 0 Å². The van der Waals surface area contributed by atoms with Crippen LogP contribution in [0.3, 0.4) is 0 Å². The molecule has 0 aromatic carbocycles. The number of carbonyl (C=O) groups is 1. The van der Waals surface area contributed by atoms with Crippen molar-refractivity contribution in [3.8, 4) is 0 Å². The topological polar surface area (TPSA) is 26.3 Å². The van der Waals surface area contributed by atoms with Crippen molar-refractivity contribution in [2.75, 3.05) is 6.61 Å². The molecular formula is C13H26O2. The third-order valence-electron chi connectivity index (χ3n) is 1.83. The van der Waals surface area contributed by atoms with Crippen LogP contribution in [-0.4, -0.2) is 12.6 Å². The first kappa shape index (κ1) is 16.6. The van der Waals surface area contributed by atoms with E-state index in [9.17, 15) is 4.79 Å². The average Bonchev–Trinajstić information content (AvgIpc) is 2.36. The first-order valence-electron chi connectivity index (χ1n) is 6.20. The molecule has 0 radical (unpaired) electrons. The van der Waals surface area contributed by atoms with E-state index in [4.69, 9.17) is 4.74 Å². The number of carbonyl (C=O) groups excluding carboxylic acids is 1. The van der Waals surface area contributed by atoms with E-state index in [-0.39, 0.29) is 5.97 Å². The second-order valence-corrected chi connectivity index (χ2v) is 2.70. The molecule has 0 aromatic rings. The lowest BCUT2D eigenvalue weighted by Gasteiger charge is -2.10. The maximum atomic E-state index is 11.1. The molecule has 90 valence electrons. The van der Waals surface area contributed by atoms with Gasteiger partial charge in [-0.25, -0.2) is 4.79 Å². The molecule has 2 heteroatoms. The lowest BCUT2D eigenvalue weighted by molar-refractivity contribution is -0.138. The molecule has 0 saturated carbocycles. The highest BCUT2D eigenvalue weighted by Gasteiger charge is 2.11. The summed E-state index contributed by atoms with van der Waals surface area (Å²) in [4.78, 5) is 11.1. The van der Waals surface area contributed by atoms with Crippen LogP contribution >= 0.6 is 0 Å². The van der Waals surface area contributed by atoms with Gasteiger partial charge >= 0.3 is 5.97 Å². The van der Waals surface area contributed by atoms with Crippen molar-refractivity contribution >= 4 is 5.97 Å². The van der Waals surface area contributed by atoms with E-state index in [2.05, 4.69) is 0 Å². The van der Waals surface area contributed by atoms with Crippen molar-refractivity contribution in [2.24, 2.45) is 0 Å². The van der Waals surface area contributed by atoms with Gasteiger partial charge in [-0.3, -0.25) is 0 Å². The van der Waals surface area contributed by atoms with Crippen LogP contribution in [-0.2, 0) is 9.53 Å². The van der Waals surface area contributed by atoms with E-state index in [0.29, 0.717) is 6.61 Å². The summed E-state index contributed by atoms with van der Waals surface area (Å²) in [7, 11) is 0. The van der Waals surface area contributed by atoms with E-state index >= 15 is 0 Å². The molecule has 15 heavy (non-hydrogen) atoms. The van der Waals surface area contributed by atoms with E-state index < -0.39 is 0 Å². The molecule has 0 unspecified atom stereocenters. The summed E-state index contributed by atoms with van der Waals surface area (Å²) in [6.45, 7) is 10.3. The lowest BCUT2D eigenvalue weighted by atomic mass is 10.00. The zero-order chi connectivity index (χ0) is 12.1. The highest BCUT2D eigenvalue weighted by molar-refractivity contribution is 5.88. The monoisotopic (exact) mass is 214 g/mol. The van der Waals surface area contributed by atoms with Crippen molar-refractivity contribution in [3.05, 3.63) is 11.6 Å². The van der Waals surface area contributed by atoms with Crippen LogP contribution in [0.1, 0.15) is 60.3 Å². The average molecular weight is 214 g/mol. The van der Waals surface area contributed by atoms with Gasteiger partial charge in [-0.05, 0) is 32.6 Å². The maximum Gasteiger partial charge on any atom is 0.333 e. The summed E-state index contributed by atoms with van der Waals surface area (Å²) >= 11 is 0. The summed E-state index contributed by atoms with van der Waals surface area (Å²) in [5.41, 5.74) is 0.873. The number of hydrogen-bond acceptors (Lipinski definition) is 2. The molecule has 0 heterocycles. The molecule has 0 atom stereocenters. The number of hydrogen-bond donors (Lipinski definition) is 0. The third kappa shape index (κ3) is 8.22. The molecule has 1 aliphatic carbocycles. The summed E-state index contributed by atoms with van der Waals surface area (Å²) in [6.07, 6.45) is 6.28. The van der Waals surface area contributed by atoms with Gasteiger partial charge in [-0.1, -0.05) is 33.8 Å². The molecule has 1 rings (SSSR count). The fourth-order valence-corrected chi connectivity index (χ4v) is 1.25. The van der Waals surface area contributed by atoms with E-state index in [0.717, 1.165) is 24.8 Å². The predicted molar refractivity (Wildman–Crippen MR) is 65.9 cm³/mol. The number of ether oxygens (including phenoxy) is 1. The maximum absolute atomic E-state index is 11.1. The molecule has 0 bridgehead atoms. The number of allylic oxidation sites excluding steroid dienone is 1. The lowest BCUT2D eigenvalue weighted by Crippen LogP contribution is -2.09. The third-order valence-corrected chi connectivity index (χ3v) is 1.83. The van der Waals surface area contributed by atoms with Crippen molar-refractivity contribution in [2.45, 2.75) is 60.3 Å². The summed E-state index contributed by atoms with van der Waals surface area (Å²) in [5.74, 6) is -0.118. The van der Waals surface area contributed by atoms with Gasteiger partial charge in [-0.2, -0.15) is 0 Å². The Balaban J connectivity index is 0. The minimum atomic E-state index is -0.118. The zero-order valence-electron chi connectivity index (χ0n) is 10.9. The highest BCUT2D eigenvalue weighted by atomic mass is 16.5. The van der Waals surface area contributed by atoms with Gasteiger partial charge < -0.3 is 4.74 Å². The molecule has 0 saturated heterocycles. The van der Waals surface area contributed by atoms with Crippen LogP contribution in [0.5, 0.6) is 0 Å². The SMILES string of the molecule is CC.CC.CCOC(=O)C1=CCCCC1. The van der Waals surface area contributed by atoms with Gasteiger partial charge in [0.05, 0.1) is 6.61 Å². The van der Waals surface area contributed by atoms with Crippen LogP contribution in [0, 0.1) is 0 Å². The first-order chi connectivity index (χ1) is 7.34. The molecule has 2 nitrogen and oxygen atoms in total. The second-order valence-electron chi connectivity index (χ2n) is 2.70. The summed E-state index contributed by atoms with van der Waals surface area (Å²) in [5, 5.41) is 0. The molecule has 0 aromatic heterocycles. The molecular weight excluding hydrogens is 188 g/mol. The molecule has 0 aliphatic heterocycles. The standard InChI is InChI=1S/C9H14O2.2C2H6/c1-2-11-9(10)8-6-4-3-5-7-8;2*1-2/h6H,2-5,7H2,1H3;2*1-2H3. The van der Waals surface area contributed by atoms with E-state index in [1.807, 2.05) is 40.7 Å². The van der Waals surface area contributed by atoms with Crippen LogP contribution in [0.15, 0.2) is 11.6 Å². The Morgan fingerprint density at radius 2 is 1.87 bits per heavy atom. The Hall–Kier alpha value is -0.790. The summed E-state index contributed by atoms with van der Waals surface area (Å²) in [6, 6.07) is 0. The smallest absolute Gasteiger partial charge is 0.333 e. The Morgan fingerprint density at radius 3 is 2.27 bits per heavy atom. The van der Waals surface area contributed by atoms with Crippen molar-refractivity contribution in [1.82, 2.24) is 0 Å². The quantitative estimate of drug-likeness (QED) is 0.647. The normalized spacial score (nSPS) is 13.5. The summed E-state index contributed by atoms with van der Waals surface area (Å²) < 4.78 is 4.87. The van der Waals surface area contributed by atoms with Gasteiger partial charge in [0.25, 0.3) is 0 Å². The van der Waals surface area contributed by atoms with Gasteiger partial charge in [0.2, 0.25) is 0 Å². The molecule has 0 fully saturated rings. The zero-order valence-corrected chi connectivity index (χ0v) is 10.9. The van der Waals surface area contributed by atoms with Crippen LogP contribution < -0.4 is 0 Å². The Bertz CT molecular complexity index is 171. The van der Waals surface area contributed by atoms with Gasteiger partial charge in [-0.15, -0.1) is 0 Å². The fourth-order valence-electron chi connectivity index (χ4n) is 1.25. The minimum Gasteiger partial charge on any atom is -0.463 e. The van der Waals surface area contributed by atoms with Crippen LogP contribution in [0.25, 0.3) is 0 Å². The second kappa shape index (κ2) is 13.2. The largest absolute Gasteiger partial charge is 0.463 e. The first-order valence-corrected chi connectivity index (χ1v) is 6.20. The highest BCUT2D eigenvalue weighted by Crippen LogP contribution is 2.17. The number of esters is 1. The molecule has 0 amide bonds. The van der Waals surface area contributed by atoms with Crippen molar-refractivity contribution in [1.29, 1.82) is 0 Å². The molecule has 0 N–H and O–H groups in total. The Morgan fingerprint density at radius 1 is 1.27 bits per heavy atom. The van der Waals surface area contributed by atoms with Gasteiger partial charge in [0.1, 0.15) is 0 Å². The Labute approximate surface area is 94.7 Å². The van der Waals surface area contributed by atoms with Crippen molar-refractivity contribution in [3.63, 3.8) is 0 Å². The van der Waals surface area contributed by atoms with E-state index in [1.165, 1.54) is 6.42 Å². The molecule has 1 aliphatic rings.